The molecule has 0 unspecified atom stereocenters. The third-order valence-electron chi connectivity index (χ3n) is 4.68. The largest absolute Gasteiger partial charge is 0.508 e. The molecule has 0 aliphatic carbocycles. The molecule has 0 aliphatic rings. The van der Waals surface area contributed by atoms with Crippen molar-refractivity contribution in [1.29, 1.82) is 0 Å². The molecule has 0 aromatic heterocycles. The van der Waals surface area contributed by atoms with Crippen LogP contribution in [0.5, 0.6) is 34.5 Å². The third kappa shape index (κ3) is 4.59. The number of hydrogen-bond donors (Lipinski definition) is 3. The van der Waals surface area contributed by atoms with E-state index >= 15 is 0 Å². The van der Waals surface area contributed by atoms with Crippen LogP contribution in [0.4, 0.5) is 0 Å². The van der Waals surface area contributed by atoms with Gasteiger partial charge in [0.1, 0.15) is 18.1 Å². The lowest BCUT2D eigenvalue weighted by atomic mass is 9.96. The van der Waals surface area contributed by atoms with Crippen LogP contribution in [0, 0.1) is 0 Å². The van der Waals surface area contributed by atoms with Crippen LogP contribution >= 0.6 is 0 Å². The Bertz CT molecular complexity index is 1100. The van der Waals surface area contributed by atoms with Gasteiger partial charge in [-0.15, -0.1) is 0 Å². The summed E-state index contributed by atoms with van der Waals surface area (Å²) in [4.78, 5) is 0. The Labute approximate surface area is 180 Å². The first-order valence-corrected chi connectivity index (χ1v) is 9.51. The van der Waals surface area contributed by atoms with Crippen LogP contribution in [-0.4, -0.2) is 36.1 Å². The van der Waals surface area contributed by atoms with E-state index in [9.17, 15) is 15.3 Å². The van der Waals surface area contributed by atoms with E-state index in [0.29, 0.717) is 28.2 Å². The van der Waals surface area contributed by atoms with Gasteiger partial charge in [-0.2, -0.15) is 0 Å². The van der Waals surface area contributed by atoms with E-state index in [1.54, 1.807) is 60.7 Å². The van der Waals surface area contributed by atoms with E-state index in [2.05, 4.69) is 6.58 Å². The Hall–Kier alpha value is -4.06. The monoisotopic (exact) mass is 420 g/mol. The van der Waals surface area contributed by atoms with Crippen molar-refractivity contribution >= 4 is 0 Å². The smallest absolute Gasteiger partial charge is 0.170 e. The van der Waals surface area contributed by atoms with Crippen LogP contribution in [0.25, 0.3) is 22.3 Å². The standard InChI is InChI=1S/C25H24O6/c1-4-5-6-13-31-21-12-9-17(14-20(21)27)23-22(29-2)15-19(25(30-3)24(23)28)16-7-10-18(26)11-8-16/h4-12,14-15,26-28H,1,13H2,2-3H3/b6-5-. The average Bonchev–Trinajstić information content (AvgIpc) is 2.77. The lowest BCUT2D eigenvalue weighted by Gasteiger charge is -2.18. The molecule has 0 fully saturated rings. The molecule has 3 N–H and O–H groups in total. The summed E-state index contributed by atoms with van der Waals surface area (Å²) in [6, 6.07) is 13.1. The Morgan fingerprint density at radius 3 is 2.19 bits per heavy atom. The summed E-state index contributed by atoms with van der Waals surface area (Å²) in [5.41, 5.74) is 2.22. The first kappa shape index (κ1) is 21.6. The highest BCUT2D eigenvalue weighted by Crippen LogP contribution is 2.50. The van der Waals surface area contributed by atoms with Gasteiger partial charge >= 0.3 is 0 Å². The number of ether oxygens (including phenoxy) is 3. The van der Waals surface area contributed by atoms with E-state index in [0.717, 1.165) is 5.56 Å². The second-order valence-electron chi connectivity index (χ2n) is 6.59. The van der Waals surface area contributed by atoms with Gasteiger partial charge in [-0.1, -0.05) is 36.9 Å². The van der Waals surface area contributed by atoms with Gasteiger partial charge in [0, 0.05) is 5.56 Å². The Morgan fingerprint density at radius 2 is 1.58 bits per heavy atom. The lowest BCUT2D eigenvalue weighted by molar-refractivity contribution is 0.336. The zero-order valence-electron chi connectivity index (χ0n) is 17.3. The van der Waals surface area contributed by atoms with E-state index in [1.165, 1.54) is 20.3 Å². The fraction of sp³-hybridized carbons (Fsp3) is 0.120. The van der Waals surface area contributed by atoms with Crippen molar-refractivity contribution in [3.05, 3.63) is 73.3 Å². The Balaban J connectivity index is 2.07. The number of benzene rings is 3. The molecule has 0 saturated heterocycles. The topological polar surface area (TPSA) is 88.4 Å². The number of hydrogen-bond acceptors (Lipinski definition) is 6. The zero-order valence-corrected chi connectivity index (χ0v) is 17.3. The molecule has 0 saturated carbocycles. The lowest BCUT2D eigenvalue weighted by Crippen LogP contribution is -1.96. The molecular formula is C25H24O6. The molecule has 3 rings (SSSR count). The molecule has 3 aromatic rings. The second-order valence-corrected chi connectivity index (χ2v) is 6.59. The summed E-state index contributed by atoms with van der Waals surface area (Å²) in [7, 11) is 2.95. The van der Waals surface area contributed by atoms with E-state index in [-0.39, 0.29) is 29.6 Å². The molecule has 0 spiro atoms. The van der Waals surface area contributed by atoms with Crippen LogP contribution in [-0.2, 0) is 0 Å². The van der Waals surface area contributed by atoms with Crippen LogP contribution < -0.4 is 14.2 Å². The van der Waals surface area contributed by atoms with Crippen molar-refractivity contribution in [2.45, 2.75) is 0 Å². The first-order chi connectivity index (χ1) is 15.0. The second kappa shape index (κ2) is 9.63. The highest BCUT2D eigenvalue weighted by atomic mass is 16.5. The SMILES string of the molecule is C=C/C=C\COc1ccc(-c2c(OC)cc(-c3ccc(O)cc3)c(OC)c2O)cc1O. The van der Waals surface area contributed by atoms with Gasteiger partial charge < -0.3 is 29.5 Å². The fourth-order valence-electron chi connectivity index (χ4n) is 3.21. The number of aromatic hydroxyl groups is 3. The molecule has 3 aromatic carbocycles. The molecular weight excluding hydrogens is 396 g/mol. The third-order valence-corrected chi connectivity index (χ3v) is 4.68. The Kier molecular flexibility index (Phi) is 6.72. The molecule has 0 aliphatic heterocycles. The fourth-order valence-corrected chi connectivity index (χ4v) is 3.21. The normalized spacial score (nSPS) is 10.8. The summed E-state index contributed by atoms with van der Waals surface area (Å²) in [6.45, 7) is 3.87. The maximum atomic E-state index is 11.0. The van der Waals surface area contributed by atoms with Crippen molar-refractivity contribution in [2.24, 2.45) is 0 Å². The van der Waals surface area contributed by atoms with Gasteiger partial charge in [-0.3, -0.25) is 0 Å². The van der Waals surface area contributed by atoms with E-state index < -0.39 is 0 Å². The van der Waals surface area contributed by atoms with Gasteiger partial charge in [0.25, 0.3) is 0 Å². The number of allylic oxidation sites excluding steroid dienone is 2. The summed E-state index contributed by atoms with van der Waals surface area (Å²) >= 11 is 0. The minimum absolute atomic E-state index is 0.0764. The van der Waals surface area contributed by atoms with Gasteiger partial charge in [-0.05, 0) is 47.5 Å². The highest BCUT2D eigenvalue weighted by Gasteiger charge is 2.22. The van der Waals surface area contributed by atoms with Crippen molar-refractivity contribution in [1.82, 2.24) is 0 Å². The maximum Gasteiger partial charge on any atom is 0.170 e. The minimum Gasteiger partial charge on any atom is -0.508 e. The van der Waals surface area contributed by atoms with E-state index in [4.69, 9.17) is 14.2 Å². The molecule has 31 heavy (non-hydrogen) atoms. The van der Waals surface area contributed by atoms with Gasteiger partial charge in [-0.25, -0.2) is 0 Å². The molecule has 6 heteroatoms. The molecule has 160 valence electrons. The quantitative estimate of drug-likeness (QED) is 0.430. The van der Waals surface area contributed by atoms with Crippen molar-refractivity contribution in [3.8, 4) is 56.8 Å². The summed E-state index contributed by atoms with van der Waals surface area (Å²) in [5, 5.41) is 31.0. The molecule has 0 atom stereocenters. The van der Waals surface area contributed by atoms with Gasteiger partial charge in [0.2, 0.25) is 0 Å². The summed E-state index contributed by atoms with van der Waals surface area (Å²) in [6.07, 6.45) is 5.15. The predicted octanol–water partition coefficient (Wildman–Crippen LogP) is 5.28. The van der Waals surface area contributed by atoms with Crippen LogP contribution in [0.2, 0.25) is 0 Å². The summed E-state index contributed by atoms with van der Waals surface area (Å²) in [5.74, 6) is 0.871. The first-order valence-electron chi connectivity index (χ1n) is 9.51. The number of methoxy groups -OCH3 is 2. The van der Waals surface area contributed by atoms with Crippen molar-refractivity contribution in [2.75, 3.05) is 20.8 Å². The average molecular weight is 420 g/mol. The molecule has 0 bridgehead atoms. The van der Waals surface area contributed by atoms with E-state index in [1.807, 2.05) is 0 Å². The van der Waals surface area contributed by atoms with Crippen LogP contribution in [0.15, 0.2) is 73.3 Å². The van der Waals surface area contributed by atoms with Crippen LogP contribution in [0.1, 0.15) is 0 Å². The summed E-state index contributed by atoms with van der Waals surface area (Å²) < 4.78 is 16.5. The number of phenolic OH excluding ortho intramolecular Hbond substituents is 3. The zero-order chi connectivity index (χ0) is 22.4. The highest BCUT2D eigenvalue weighted by molar-refractivity contribution is 5.88. The molecule has 6 nitrogen and oxygen atoms in total. The van der Waals surface area contributed by atoms with Crippen molar-refractivity contribution < 1.29 is 29.5 Å². The van der Waals surface area contributed by atoms with Crippen molar-refractivity contribution in [3.63, 3.8) is 0 Å². The number of phenols is 3. The number of rotatable bonds is 8. The predicted molar refractivity (Wildman–Crippen MR) is 120 cm³/mol. The molecule has 0 radical (unpaired) electrons. The molecule has 0 heterocycles. The minimum atomic E-state index is -0.132. The maximum absolute atomic E-state index is 11.0. The Morgan fingerprint density at radius 1 is 0.871 bits per heavy atom. The van der Waals surface area contributed by atoms with Gasteiger partial charge in [0.05, 0.1) is 19.8 Å². The van der Waals surface area contributed by atoms with Gasteiger partial charge in [0.15, 0.2) is 23.0 Å². The van der Waals surface area contributed by atoms with Crippen LogP contribution in [0.3, 0.4) is 0 Å². The molecule has 0 amide bonds.